The van der Waals surface area contributed by atoms with Crippen molar-refractivity contribution in [2.75, 3.05) is 4.72 Å². The van der Waals surface area contributed by atoms with Crippen LogP contribution in [0.25, 0.3) is 0 Å². The van der Waals surface area contributed by atoms with Gasteiger partial charge in [-0.2, -0.15) is 0 Å². The molecule has 0 atom stereocenters. The summed E-state index contributed by atoms with van der Waals surface area (Å²) in [6, 6.07) is 12.0. The van der Waals surface area contributed by atoms with Gasteiger partial charge in [0, 0.05) is 14.3 Å². The average Bonchev–Trinajstić information content (AvgIpc) is 2.42. The van der Waals surface area contributed by atoms with Crippen LogP contribution in [0.2, 0.25) is 0 Å². The molecule has 0 aromatic heterocycles. The lowest BCUT2D eigenvalue weighted by atomic mass is 10.2. The molecule has 0 spiro atoms. The predicted octanol–water partition coefficient (Wildman–Crippen LogP) is 4.91. The maximum Gasteiger partial charge on any atom is 0.261 e. The molecule has 0 heterocycles. The van der Waals surface area contributed by atoms with Crippen LogP contribution in [0.15, 0.2) is 56.3 Å². The maximum atomic E-state index is 12.3. The number of alkyl halides is 1. The van der Waals surface area contributed by atoms with Gasteiger partial charge < -0.3 is 0 Å². The molecule has 2 aromatic rings. The maximum absolute atomic E-state index is 12.3. The molecular formula is C13H10Br3NO2S. The first-order chi connectivity index (χ1) is 9.42. The number of hydrogen-bond acceptors (Lipinski definition) is 2. The van der Waals surface area contributed by atoms with Crippen LogP contribution in [0, 0.1) is 0 Å². The number of sulfonamides is 1. The molecule has 106 valence electrons. The highest BCUT2D eigenvalue weighted by Gasteiger charge is 2.15. The van der Waals surface area contributed by atoms with Crippen molar-refractivity contribution in [1.82, 2.24) is 0 Å². The van der Waals surface area contributed by atoms with Crippen LogP contribution >= 0.6 is 47.8 Å². The van der Waals surface area contributed by atoms with E-state index >= 15 is 0 Å². The SMILES string of the molecule is O=S(=O)(Nc1ccc(Br)cc1Br)c1ccc(CBr)cc1. The molecule has 0 aliphatic carbocycles. The van der Waals surface area contributed by atoms with Gasteiger partial charge in [0.2, 0.25) is 0 Å². The molecule has 1 N–H and O–H groups in total. The number of benzene rings is 2. The quantitative estimate of drug-likeness (QED) is 0.628. The van der Waals surface area contributed by atoms with Crippen LogP contribution in [0.5, 0.6) is 0 Å². The normalized spacial score (nSPS) is 11.3. The number of anilines is 1. The standard InChI is InChI=1S/C13H10Br3NO2S/c14-8-9-1-4-11(5-2-9)20(18,19)17-13-6-3-10(15)7-12(13)16/h1-7,17H,8H2. The summed E-state index contributed by atoms with van der Waals surface area (Å²) in [5.74, 6) is 0. The highest BCUT2D eigenvalue weighted by Crippen LogP contribution is 2.28. The Bertz CT molecular complexity index is 715. The van der Waals surface area contributed by atoms with Crippen LogP contribution in [-0.4, -0.2) is 8.42 Å². The molecular weight excluding hydrogens is 474 g/mol. The second-order valence-corrected chi connectivity index (χ2v) is 8.02. The molecule has 0 aliphatic rings. The predicted molar refractivity (Wildman–Crippen MR) is 91.7 cm³/mol. The van der Waals surface area contributed by atoms with E-state index in [9.17, 15) is 8.42 Å². The molecule has 2 aromatic carbocycles. The summed E-state index contributed by atoms with van der Waals surface area (Å²) in [6.07, 6.45) is 0. The van der Waals surface area contributed by atoms with E-state index in [-0.39, 0.29) is 4.90 Å². The van der Waals surface area contributed by atoms with Crippen molar-refractivity contribution >= 4 is 63.5 Å². The van der Waals surface area contributed by atoms with Crippen LogP contribution < -0.4 is 4.72 Å². The van der Waals surface area contributed by atoms with Gasteiger partial charge in [0.05, 0.1) is 10.6 Å². The first kappa shape index (κ1) is 16.0. The van der Waals surface area contributed by atoms with E-state index in [0.717, 1.165) is 10.0 Å². The molecule has 7 heteroatoms. The molecule has 2 rings (SSSR count). The van der Waals surface area contributed by atoms with Crippen molar-refractivity contribution in [2.45, 2.75) is 10.2 Å². The molecule has 0 bridgehead atoms. The van der Waals surface area contributed by atoms with Crippen molar-refractivity contribution in [3.63, 3.8) is 0 Å². The topological polar surface area (TPSA) is 46.2 Å². The zero-order chi connectivity index (χ0) is 14.8. The third kappa shape index (κ3) is 3.84. The summed E-state index contributed by atoms with van der Waals surface area (Å²) in [5, 5.41) is 0.693. The van der Waals surface area contributed by atoms with Gasteiger partial charge in [-0.05, 0) is 51.8 Å². The highest BCUT2D eigenvalue weighted by molar-refractivity contribution is 9.11. The summed E-state index contributed by atoms with van der Waals surface area (Å²) in [5.41, 5.74) is 1.52. The molecule has 0 amide bonds. The van der Waals surface area contributed by atoms with Crippen LogP contribution in [-0.2, 0) is 15.4 Å². The summed E-state index contributed by atoms with van der Waals surface area (Å²) < 4.78 is 28.7. The Kier molecular flexibility index (Phi) is 5.28. The monoisotopic (exact) mass is 481 g/mol. The highest BCUT2D eigenvalue weighted by atomic mass is 79.9. The van der Waals surface area contributed by atoms with Gasteiger partial charge in [-0.3, -0.25) is 4.72 Å². The number of hydrogen-bond donors (Lipinski definition) is 1. The van der Waals surface area contributed by atoms with Crippen molar-refractivity contribution in [2.24, 2.45) is 0 Å². The van der Waals surface area contributed by atoms with Gasteiger partial charge in [0.25, 0.3) is 10.0 Å². The Morgan fingerprint density at radius 1 is 1.00 bits per heavy atom. The van der Waals surface area contributed by atoms with Crippen LogP contribution in [0.3, 0.4) is 0 Å². The molecule has 20 heavy (non-hydrogen) atoms. The first-order valence-corrected chi connectivity index (χ1v) is 9.74. The molecule has 0 aliphatic heterocycles. The lowest BCUT2D eigenvalue weighted by Gasteiger charge is -2.10. The van der Waals surface area contributed by atoms with Gasteiger partial charge >= 0.3 is 0 Å². The van der Waals surface area contributed by atoms with Gasteiger partial charge in [0.1, 0.15) is 0 Å². The van der Waals surface area contributed by atoms with Crippen LogP contribution in [0.4, 0.5) is 5.69 Å². The molecule has 0 unspecified atom stereocenters. The molecule has 0 saturated heterocycles. The zero-order valence-corrected chi connectivity index (χ0v) is 15.7. The molecule has 0 radical (unpaired) electrons. The lowest BCUT2D eigenvalue weighted by molar-refractivity contribution is 0.601. The number of nitrogens with one attached hydrogen (secondary N) is 1. The smallest absolute Gasteiger partial charge is 0.261 e. The van der Waals surface area contributed by atoms with Crippen molar-refractivity contribution in [3.05, 3.63) is 57.0 Å². The summed E-state index contributed by atoms with van der Waals surface area (Å²) in [7, 11) is -3.58. The largest absolute Gasteiger partial charge is 0.278 e. The van der Waals surface area contributed by atoms with Crippen molar-refractivity contribution < 1.29 is 8.42 Å². The lowest BCUT2D eigenvalue weighted by Crippen LogP contribution is -2.13. The Balaban J connectivity index is 2.30. The minimum atomic E-state index is -3.58. The van der Waals surface area contributed by atoms with Gasteiger partial charge in [-0.15, -0.1) is 0 Å². The number of rotatable bonds is 4. The van der Waals surface area contributed by atoms with E-state index < -0.39 is 10.0 Å². The van der Waals surface area contributed by atoms with E-state index in [0.29, 0.717) is 15.5 Å². The summed E-state index contributed by atoms with van der Waals surface area (Å²) >= 11 is 9.98. The fourth-order valence-corrected chi connectivity index (χ4v) is 4.26. The second kappa shape index (κ2) is 6.60. The fraction of sp³-hybridized carbons (Fsp3) is 0.0769. The van der Waals surface area contributed by atoms with Gasteiger partial charge in [-0.25, -0.2) is 8.42 Å². The minimum absolute atomic E-state index is 0.233. The summed E-state index contributed by atoms with van der Waals surface area (Å²) in [6.45, 7) is 0. The third-order valence-corrected chi connectivity index (χ3v) is 5.74. The van der Waals surface area contributed by atoms with E-state index in [4.69, 9.17) is 0 Å². The number of halogens is 3. The summed E-state index contributed by atoms with van der Waals surface area (Å²) in [4.78, 5) is 0.233. The molecule has 0 fully saturated rings. The molecule has 3 nitrogen and oxygen atoms in total. The molecule has 0 saturated carbocycles. The minimum Gasteiger partial charge on any atom is -0.278 e. The second-order valence-electron chi connectivity index (χ2n) is 4.01. The average molecular weight is 484 g/mol. The fourth-order valence-electron chi connectivity index (χ4n) is 1.53. The third-order valence-electron chi connectivity index (χ3n) is 2.56. The Labute approximate surface area is 143 Å². The Morgan fingerprint density at radius 2 is 1.65 bits per heavy atom. The van der Waals surface area contributed by atoms with Crippen LogP contribution in [0.1, 0.15) is 5.56 Å². The van der Waals surface area contributed by atoms with Gasteiger partial charge in [0.15, 0.2) is 0 Å². The van der Waals surface area contributed by atoms with Crippen molar-refractivity contribution in [1.29, 1.82) is 0 Å². The zero-order valence-electron chi connectivity index (χ0n) is 10.1. The first-order valence-electron chi connectivity index (χ1n) is 5.55. The van der Waals surface area contributed by atoms with E-state index in [1.807, 2.05) is 0 Å². The van der Waals surface area contributed by atoms with E-state index in [1.165, 1.54) is 0 Å². The Hall–Kier alpha value is -0.370. The van der Waals surface area contributed by atoms with E-state index in [1.54, 1.807) is 42.5 Å². The van der Waals surface area contributed by atoms with Gasteiger partial charge in [-0.1, -0.05) is 44.0 Å². The Morgan fingerprint density at radius 3 is 2.20 bits per heavy atom. The van der Waals surface area contributed by atoms with Crippen molar-refractivity contribution in [3.8, 4) is 0 Å². The van der Waals surface area contributed by atoms with E-state index in [2.05, 4.69) is 52.5 Å².